The minimum atomic E-state index is -3.66. The van der Waals surface area contributed by atoms with Gasteiger partial charge in [-0.25, -0.2) is 13.1 Å². The van der Waals surface area contributed by atoms with Crippen LogP contribution in [0.5, 0.6) is 5.75 Å². The van der Waals surface area contributed by atoms with E-state index in [1.165, 1.54) is 19.2 Å². The molecule has 7 heteroatoms. The van der Waals surface area contributed by atoms with Crippen LogP contribution in [-0.4, -0.2) is 35.3 Å². The van der Waals surface area contributed by atoms with E-state index in [9.17, 15) is 8.42 Å². The summed E-state index contributed by atoms with van der Waals surface area (Å²) in [5, 5.41) is 0. The van der Waals surface area contributed by atoms with E-state index < -0.39 is 10.0 Å². The van der Waals surface area contributed by atoms with Crippen molar-refractivity contribution in [2.45, 2.75) is 18.7 Å². The van der Waals surface area contributed by atoms with Crippen LogP contribution in [0.25, 0.3) is 0 Å². The lowest BCUT2D eigenvalue weighted by molar-refractivity contribution is 0.114. The van der Waals surface area contributed by atoms with Crippen LogP contribution in [0.15, 0.2) is 23.1 Å². The fourth-order valence-corrected chi connectivity index (χ4v) is 2.76. The number of hydrogen-bond acceptors (Lipinski definition) is 5. The first-order valence-electron chi connectivity index (χ1n) is 6.37. The van der Waals surface area contributed by atoms with Gasteiger partial charge in [-0.2, -0.15) is 0 Å². The summed E-state index contributed by atoms with van der Waals surface area (Å²) in [6.45, 7) is 5.18. The van der Waals surface area contributed by atoms with Gasteiger partial charge in [0.05, 0.1) is 13.7 Å². The first-order chi connectivity index (χ1) is 9.36. The molecule has 1 aromatic rings. The quantitative estimate of drug-likeness (QED) is 0.557. The third-order valence-corrected chi connectivity index (χ3v) is 3.95. The summed E-state index contributed by atoms with van der Waals surface area (Å²) in [7, 11) is -2.25. The summed E-state index contributed by atoms with van der Waals surface area (Å²) in [4.78, 5) is 0.0314. The smallest absolute Gasteiger partial charge is 0.244 e. The van der Waals surface area contributed by atoms with Gasteiger partial charge >= 0.3 is 0 Å². The minimum absolute atomic E-state index is 0.0314. The van der Waals surface area contributed by atoms with Gasteiger partial charge in [-0.15, -0.1) is 0 Å². The monoisotopic (exact) mass is 302 g/mol. The topological polar surface area (TPSA) is 90.7 Å². The molecule has 20 heavy (non-hydrogen) atoms. The second-order valence-electron chi connectivity index (χ2n) is 4.78. The summed E-state index contributed by atoms with van der Waals surface area (Å²) in [6.07, 6.45) is 0. The third-order valence-electron chi connectivity index (χ3n) is 2.47. The zero-order valence-electron chi connectivity index (χ0n) is 12.0. The lowest BCUT2D eigenvalue weighted by Gasteiger charge is -2.12. The number of benzene rings is 1. The predicted molar refractivity (Wildman–Crippen MR) is 78.3 cm³/mol. The average molecular weight is 302 g/mol. The van der Waals surface area contributed by atoms with Crippen LogP contribution >= 0.6 is 0 Å². The summed E-state index contributed by atoms with van der Waals surface area (Å²) in [5.74, 6) is 0.676. The van der Waals surface area contributed by atoms with Gasteiger partial charge < -0.3 is 15.2 Å². The third kappa shape index (κ3) is 4.99. The van der Waals surface area contributed by atoms with Crippen LogP contribution in [0.1, 0.15) is 13.8 Å². The fraction of sp³-hybridized carbons (Fsp3) is 0.538. The van der Waals surface area contributed by atoms with Gasteiger partial charge in [0.1, 0.15) is 10.6 Å². The van der Waals surface area contributed by atoms with Gasteiger partial charge in [-0.3, -0.25) is 0 Å². The van der Waals surface area contributed by atoms with Crippen LogP contribution in [0.2, 0.25) is 0 Å². The number of anilines is 1. The van der Waals surface area contributed by atoms with Gasteiger partial charge in [0, 0.05) is 18.8 Å². The molecule has 1 aromatic carbocycles. The number of nitrogens with two attached hydrogens (primary N) is 1. The largest absolute Gasteiger partial charge is 0.495 e. The molecule has 0 aliphatic rings. The van der Waals surface area contributed by atoms with E-state index in [2.05, 4.69) is 4.72 Å². The molecule has 0 heterocycles. The van der Waals surface area contributed by atoms with Crippen LogP contribution in [0.3, 0.4) is 0 Å². The van der Waals surface area contributed by atoms with Crippen LogP contribution < -0.4 is 15.2 Å². The Morgan fingerprint density at radius 2 is 2.05 bits per heavy atom. The molecule has 0 spiro atoms. The lowest BCUT2D eigenvalue weighted by Crippen LogP contribution is -2.28. The fourth-order valence-electron chi connectivity index (χ4n) is 1.55. The zero-order valence-corrected chi connectivity index (χ0v) is 12.9. The Labute approximate surface area is 120 Å². The molecular weight excluding hydrogens is 280 g/mol. The molecule has 114 valence electrons. The van der Waals surface area contributed by atoms with E-state index in [0.717, 1.165) is 0 Å². The van der Waals surface area contributed by atoms with Crippen molar-refractivity contribution in [1.29, 1.82) is 0 Å². The molecule has 6 nitrogen and oxygen atoms in total. The van der Waals surface area contributed by atoms with Gasteiger partial charge in [0.2, 0.25) is 10.0 Å². The average Bonchev–Trinajstić information content (AvgIpc) is 2.37. The summed E-state index contributed by atoms with van der Waals surface area (Å²) in [6, 6.07) is 4.49. The second-order valence-corrected chi connectivity index (χ2v) is 6.51. The van der Waals surface area contributed by atoms with Gasteiger partial charge in [-0.05, 0) is 24.1 Å². The highest BCUT2D eigenvalue weighted by atomic mass is 32.2. The summed E-state index contributed by atoms with van der Waals surface area (Å²) < 4.78 is 37.1. The number of methoxy groups -OCH3 is 1. The normalized spacial score (nSPS) is 11.8. The van der Waals surface area contributed by atoms with Gasteiger partial charge in [0.25, 0.3) is 0 Å². The Hall–Kier alpha value is -1.31. The maximum atomic E-state index is 12.2. The Kier molecular flexibility index (Phi) is 6.25. The maximum absolute atomic E-state index is 12.2. The van der Waals surface area contributed by atoms with Crippen molar-refractivity contribution in [2.24, 2.45) is 5.92 Å². The molecule has 0 radical (unpaired) electrons. The molecule has 0 saturated heterocycles. The van der Waals surface area contributed by atoms with Crippen molar-refractivity contribution in [2.75, 3.05) is 32.6 Å². The first kappa shape index (κ1) is 16.7. The van der Waals surface area contributed by atoms with Crippen LogP contribution in [-0.2, 0) is 14.8 Å². The molecule has 0 aromatic heterocycles. The van der Waals surface area contributed by atoms with E-state index in [0.29, 0.717) is 24.8 Å². The Morgan fingerprint density at radius 3 is 2.65 bits per heavy atom. The zero-order chi connectivity index (χ0) is 15.2. The highest BCUT2D eigenvalue weighted by Gasteiger charge is 2.19. The van der Waals surface area contributed by atoms with Crippen molar-refractivity contribution in [3.8, 4) is 5.75 Å². The molecule has 0 amide bonds. The van der Waals surface area contributed by atoms with Gasteiger partial charge in [0.15, 0.2) is 0 Å². The Morgan fingerprint density at radius 1 is 1.35 bits per heavy atom. The van der Waals surface area contributed by atoms with E-state index >= 15 is 0 Å². The van der Waals surface area contributed by atoms with Crippen molar-refractivity contribution in [3.05, 3.63) is 18.2 Å². The molecule has 0 unspecified atom stereocenters. The second kappa shape index (κ2) is 7.47. The molecule has 0 aliphatic heterocycles. The number of nitrogens with one attached hydrogen (secondary N) is 1. The molecule has 3 N–H and O–H groups in total. The molecule has 0 saturated carbocycles. The van der Waals surface area contributed by atoms with E-state index in [1.54, 1.807) is 6.07 Å². The Balaban J connectivity index is 2.67. The Bertz CT molecular complexity index is 529. The van der Waals surface area contributed by atoms with E-state index in [1.807, 2.05) is 13.8 Å². The van der Waals surface area contributed by atoms with Crippen LogP contribution in [0.4, 0.5) is 5.69 Å². The van der Waals surface area contributed by atoms with E-state index in [-0.39, 0.29) is 17.2 Å². The highest BCUT2D eigenvalue weighted by molar-refractivity contribution is 7.89. The number of nitrogen functional groups attached to an aromatic ring is 1. The lowest BCUT2D eigenvalue weighted by atomic mass is 10.2. The number of sulfonamides is 1. The number of rotatable bonds is 8. The minimum Gasteiger partial charge on any atom is -0.495 e. The highest BCUT2D eigenvalue weighted by Crippen LogP contribution is 2.25. The molecule has 0 fully saturated rings. The van der Waals surface area contributed by atoms with Crippen molar-refractivity contribution in [3.63, 3.8) is 0 Å². The van der Waals surface area contributed by atoms with Crippen molar-refractivity contribution in [1.82, 2.24) is 4.72 Å². The number of ether oxygens (including phenoxy) is 2. The first-order valence-corrected chi connectivity index (χ1v) is 7.86. The molecule has 0 aliphatic carbocycles. The van der Waals surface area contributed by atoms with Crippen molar-refractivity contribution >= 4 is 15.7 Å². The summed E-state index contributed by atoms with van der Waals surface area (Å²) in [5.41, 5.74) is 5.98. The molecule has 0 atom stereocenters. The standard InChI is InChI=1S/C13H22N2O4S/c1-10(2)9-19-7-6-15-20(16,17)13-8-11(14)4-5-12(13)18-3/h4-5,8,10,15H,6-7,9,14H2,1-3H3. The van der Waals surface area contributed by atoms with E-state index in [4.69, 9.17) is 15.2 Å². The van der Waals surface area contributed by atoms with Gasteiger partial charge in [-0.1, -0.05) is 13.8 Å². The molecular formula is C13H22N2O4S. The molecule has 0 bridgehead atoms. The van der Waals surface area contributed by atoms with Crippen molar-refractivity contribution < 1.29 is 17.9 Å². The SMILES string of the molecule is COc1ccc(N)cc1S(=O)(=O)NCCOCC(C)C. The predicted octanol–water partition coefficient (Wildman–Crippen LogP) is 1.23. The maximum Gasteiger partial charge on any atom is 0.244 e. The molecule has 1 rings (SSSR count). The number of hydrogen-bond donors (Lipinski definition) is 2. The summed E-state index contributed by atoms with van der Waals surface area (Å²) >= 11 is 0. The van der Waals surface area contributed by atoms with Crippen LogP contribution in [0, 0.1) is 5.92 Å².